The summed E-state index contributed by atoms with van der Waals surface area (Å²) in [6.07, 6.45) is 0. The van der Waals surface area contributed by atoms with Crippen molar-refractivity contribution in [1.29, 1.82) is 0 Å². The molecule has 4 nitrogen and oxygen atoms in total. The molecule has 1 amide bonds. The lowest BCUT2D eigenvalue weighted by atomic mass is 10.1. The molecule has 0 fully saturated rings. The molecule has 0 saturated heterocycles. The van der Waals surface area contributed by atoms with Gasteiger partial charge >= 0.3 is 0 Å². The van der Waals surface area contributed by atoms with Crippen LogP contribution in [-0.4, -0.2) is 37.6 Å². The normalized spacial score (nSPS) is 12.5. The van der Waals surface area contributed by atoms with Crippen molar-refractivity contribution in [3.63, 3.8) is 0 Å². The third-order valence-electron chi connectivity index (χ3n) is 2.89. The van der Waals surface area contributed by atoms with E-state index >= 15 is 0 Å². The maximum Gasteiger partial charge on any atom is 0.244 e. The number of carbonyl (C=O) groups is 1. The first-order valence-corrected chi connectivity index (χ1v) is 6.64. The van der Waals surface area contributed by atoms with Crippen molar-refractivity contribution in [2.45, 2.75) is 19.9 Å². The van der Waals surface area contributed by atoms with Gasteiger partial charge in [0.05, 0.1) is 6.61 Å². The van der Waals surface area contributed by atoms with Crippen LogP contribution in [0.5, 0.6) is 0 Å². The predicted molar refractivity (Wildman–Crippen MR) is 76.7 cm³/mol. The van der Waals surface area contributed by atoms with Gasteiger partial charge in [-0.2, -0.15) is 0 Å². The van der Waals surface area contributed by atoms with E-state index in [1.165, 1.54) is 0 Å². The minimum atomic E-state index is -0.600. The molecule has 1 unspecified atom stereocenters. The Balaban J connectivity index is 2.74. The molecule has 19 heavy (non-hydrogen) atoms. The lowest BCUT2D eigenvalue weighted by molar-refractivity contribution is -0.134. The van der Waals surface area contributed by atoms with E-state index in [2.05, 4.69) is 13.8 Å². The van der Waals surface area contributed by atoms with Gasteiger partial charge in [0.2, 0.25) is 5.91 Å². The molecule has 1 aromatic carbocycles. The summed E-state index contributed by atoms with van der Waals surface area (Å²) in [6, 6.07) is 8.86. The molecule has 0 aliphatic heterocycles. The molecule has 0 bridgehead atoms. The van der Waals surface area contributed by atoms with Gasteiger partial charge in [-0.25, -0.2) is 0 Å². The van der Waals surface area contributed by atoms with E-state index in [0.717, 1.165) is 5.56 Å². The fourth-order valence-electron chi connectivity index (χ4n) is 1.93. The predicted octanol–water partition coefficient (Wildman–Crippen LogP) is 1.82. The van der Waals surface area contributed by atoms with Crippen molar-refractivity contribution in [2.75, 3.05) is 26.8 Å². The summed E-state index contributed by atoms with van der Waals surface area (Å²) in [4.78, 5) is 14.2. The van der Waals surface area contributed by atoms with Gasteiger partial charge in [-0.1, -0.05) is 44.2 Å². The van der Waals surface area contributed by atoms with Crippen LogP contribution < -0.4 is 5.73 Å². The minimum absolute atomic E-state index is 0.0445. The average molecular weight is 264 g/mol. The summed E-state index contributed by atoms with van der Waals surface area (Å²) in [5.41, 5.74) is 6.90. The summed E-state index contributed by atoms with van der Waals surface area (Å²) in [5.74, 6) is 0.362. The van der Waals surface area contributed by atoms with Crippen molar-refractivity contribution in [3.8, 4) is 0 Å². The monoisotopic (exact) mass is 264 g/mol. The third-order valence-corrected chi connectivity index (χ3v) is 2.89. The number of benzene rings is 1. The fourth-order valence-corrected chi connectivity index (χ4v) is 1.93. The second kappa shape index (κ2) is 7.92. The fraction of sp³-hybridized carbons (Fsp3) is 0.533. The zero-order valence-corrected chi connectivity index (χ0v) is 12.0. The molecular weight excluding hydrogens is 240 g/mol. The summed E-state index contributed by atoms with van der Waals surface area (Å²) in [5, 5.41) is 0. The molecule has 0 radical (unpaired) electrons. The minimum Gasteiger partial charge on any atom is -0.383 e. The van der Waals surface area contributed by atoms with Gasteiger partial charge in [0.1, 0.15) is 6.04 Å². The van der Waals surface area contributed by atoms with Crippen LogP contribution in [-0.2, 0) is 9.53 Å². The zero-order chi connectivity index (χ0) is 14.3. The van der Waals surface area contributed by atoms with Gasteiger partial charge in [0.15, 0.2) is 0 Å². The van der Waals surface area contributed by atoms with Gasteiger partial charge in [0.25, 0.3) is 0 Å². The van der Waals surface area contributed by atoms with E-state index < -0.39 is 6.04 Å². The maximum atomic E-state index is 12.4. The van der Waals surface area contributed by atoms with Crippen LogP contribution in [0.15, 0.2) is 30.3 Å². The molecule has 0 aromatic heterocycles. The quantitative estimate of drug-likeness (QED) is 0.817. The number of amides is 1. The standard InChI is InChI=1S/C15H24N2O2/c1-12(2)11-17(9-10-19-3)15(18)14(16)13-7-5-4-6-8-13/h4-8,12,14H,9-11,16H2,1-3H3. The average Bonchev–Trinajstić information content (AvgIpc) is 2.42. The number of rotatable bonds is 7. The summed E-state index contributed by atoms with van der Waals surface area (Å²) >= 11 is 0. The molecule has 106 valence electrons. The van der Waals surface area contributed by atoms with Crippen molar-refractivity contribution >= 4 is 5.91 Å². The maximum absolute atomic E-state index is 12.4. The van der Waals surface area contributed by atoms with Crippen LogP contribution >= 0.6 is 0 Å². The smallest absolute Gasteiger partial charge is 0.244 e. The van der Waals surface area contributed by atoms with Crippen molar-refractivity contribution < 1.29 is 9.53 Å². The topological polar surface area (TPSA) is 55.6 Å². The molecule has 0 aliphatic carbocycles. The largest absolute Gasteiger partial charge is 0.383 e. The van der Waals surface area contributed by atoms with E-state index in [9.17, 15) is 4.79 Å². The van der Waals surface area contributed by atoms with Crippen LogP contribution in [0.3, 0.4) is 0 Å². The Hall–Kier alpha value is -1.39. The summed E-state index contributed by atoms with van der Waals surface area (Å²) in [7, 11) is 1.63. The van der Waals surface area contributed by atoms with Crippen molar-refractivity contribution in [3.05, 3.63) is 35.9 Å². The molecule has 4 heteroatoms. The molecule has 0 saturated carbocycles. The van der Waals surface area contributed by atoms with Crippen molar-refractivity contribution in [1.82, 2.24) is 4.90 Å². The Labute approximate surface area is 115 Å². The number of carbonyl (C=O) groups excluding carboxylic acids is 1. The first-order chi connectivity index (χ1) is 9.06. The van der Waals surface area contributed by atoms with Gasteiger partial charge in [-0.05, 0) is 11.5 Å². The molecule has 1 atom stereocenters. The summed E-state index contributed by atoms with van der Waals surface area (Å²) < 4.78 is 5.05. The lowest BCUT2D eigenvalue weighted by Crippen LogP contribution is -2.42. The second-order valence-electron chi connectivity index (χ2n) is 5.06. The van der Waals surface area contributed by atoms with Crippen LogP contribution in [0.1, 0.15) is 25.5 Å². The van der Waals surface area contributed by atoms with E-state index in [0.29, 0.717) is 25.6 Å². The Bertz CT molecular complexity index is 379. The van der Waals surface area contributed by atoms with Gasteiger partial charge < -0.3 is 15.4 Å². The Morgan fingerprint density at radius 2 is 1.95 bits per heavy atom. The molecule has 1 aromatic rings. The molecule has 0 spiro atoms. The summed E-state index contributed by atoms with van der Waals surface area (Å²) in [6.45, 7) is 5.97. The number of methoxy groups -OCH3 is 1. The molecule has 1 rings (SSSR count). The highest BCUT2D eigenvalue weighted by Crippen LogP contribution is 2.13. The molecule has 0 heterocycles. The Morgan fingerprint density at radius 1 is 1.32 bits per heavy atom. The third kappa shape index (κ3) is 5.01. The van der Waals surface area contributed by atoms with Crippen LogP contribution in [0.2, 0.25) is 0 Å². The second-order valence-corrected chi connectivity index (χ2v) is 5.06. The number of hydrogen-bond donors (Lipinski definition) is 1. The zero-order valence-electron chi connectivity index (χ0n) is 12.0. The van der Waals surface area contributed by atoms with E-state index in [4.69, 9.17) is 10.5 Å². The lowest BCUT2D eigenvalue weighted by Gasteiger charge is -2.27. The first kappa shape index (κ1) is 15.7. The highest BCUT2D eigenvalue weighted by Gasteiger charge is 2.22. The van der Waals surface area contributed by atoms with Gasteiger partial charge in [0, 0.05) is 20.2 Å². The van der Waals surface area contributed by atoms with E-state index in [1.807, 2.05) is 30.3 Å². The molecule has 0 aliphatic rings. The molecule has 2 N–H and O–H groups in total. The number of hydrogen-bond acceptors (Lipinski definition) is 3. The Morgan fingerprint density at radius 3 is 2.47 bits per heavy atom. The van der Waals surface area contributed by atoms with Gasteiger partial charge in [-0.15, -0.1) is 0 Å². The van der Waals surface area contributed by atoms with Crippen LogP contribution in [0, 0.1) is 5.92 Å². The highest BCUT2D eigenvalue weighted by molar-refractivity contribution is 5.83. The van der Waals surface area contributed by atoms with Crippen LogP contribution in [0.25, 0.3) is 0 Å². The van der Waals surface area contributed by atoms with E-state index in [1.54, 1.807) is 12.0 Å². The van der Waals surface area contributed by atoms with Crippen molar-refractivity contribution in [2.24, 2.45) is 11.7 Å². The van der Waals surface area contributed by atoms with Gasteiger partial charge in [-0.3, -0.25) is 4.79 Å². The number of ether oxygens (including phenoxy) is 1. The molecular formula is C15H24N2O2. The SMILES string of the molecule is COCCN(CC(C)C)C(=O)C(N)c1ccccc1. The first-order valence-electron chi connectivity index (χ1n) is 6.64. The highest BCUT2D eigenvalue weighted by atomic mass is 16.5. The number of nitrogens with zero attached hydrogens (tertiary/aromatic N) is 1. The van der Waals surface area contributed by atoms with Crippen LogP contribution in [0.4, 0.5) is 0 Å². The van der Waals surface area contributed by atoms with E-state index in [-0.39, 0.29) is 5.91 Å². The number of nitrogens with two attached hydrogens (primary N) is 1. The Kier molecular flexibility index (Phi) is 6.53.